The van der Waals surface area contributed by atoms with Crippen molar-refractivity contribution in [3.63, 3.8) is 0 Å². The molecule has 2 aromatic rings. The third-order valence-electron chi connectivity index (χ3n) is 5.60. The average molecular weight is 458 g/mol. The molecule has 7 heteroatoms. The second-order valence-corrected chi connectivity index (χ2v) is 9.38. The third kappa shape index (κ3) is 5.94. The molecule has 1 fully saturated rings. The first-order chi connectivity index (χ1) is 15.2. The van der Waals surface area contributed by atoms with Gasteiger partial charge in [0.15, 0.2) is 6.61 Å². The summed E-state index contributed by atoms with van der Waals surface area (Å²) in [7, 11) is 0. The van der Waals surface area contributed by atoms with Crippen molar-refractivity contribution in [3.8, 4) is 5.75 Å². The van der Waals surface area contributed by atoms with Gasteiger partial charge in [-0.3, -0.25) is 9.59 Å². The highest BCUT2D eigenvalue weighted by Gasteiger charge is 2.24. The molecule has 0 saturated carbocycles. The number of para-hydroxylation sites is 1. The third-order valence-corrected chi connectivity index (χ3v) is 5.91. The van der Waals surface area contributed by atoms with Crippen molar-refractivity contribution in [2.75, 3.05) is 43.0 Å². The van der Waals surface area contributed by atoms with Gasteiger partial charge in [0, 0.05) is 32.6 Å². The molecule has 1 saturated heterocycles. The molecule has 1 aliphatic rings. The summed E-state index contributed by atoms with van der Waals surface area (Å²) in [5.74, 6) is 0.550. The van der Waals surface area contributed by atoms with Gasteiger partial charge in [-0.1, -0.05) is 57.5 Å². The van der Waals surface area contributed by atoms with Gasteiger partial charge < -0.3 is 19.9 Å². The predicted molar refractivity (Wildman–Crippen MR) is 130 cm³/mol. The van der Waals surface area contributed by atoms with Crippen LogP contribution in [0.5, 0.6) is 5.75 Å². The number of anilines is 2. The minimum atomic E-state index is -0.256. The second-order valence-electron chi connectivity index (χ2n) is 8.97. The van der Waals surface area contributed by atoms with E-state index in [-0.39, 0.29) is 23.8 Å². The average Bonchev–Trinajstić information content (AvgIpc) is 2.77. The summed E-state index contributed by atoms with van der Waals surface area (Å²) in [4.78, 5) is 28.5. The summed E-state index contributed by atoms with van der Waals surface area (Å²) in [6.07, 6.45) is 0.506. The topological polar surface area (TPSA) is 61.9 Å². The largest absolute Gasteiger partial charge is 0.484 e. The maximum absolute atomic E-state index is 12.6. The summed E-state index contributed by atoms with van der Waals surface area (Å²) in [6, 6.07) is 13.3. The van der Waals surface area contributed by atoms with Crippen LogP contribution in [0.15, 0.2) is 42.5 Å². The fraction of sp³-hybridized carbons (Fsp3) is 0.440. The molecule has 0 spiro atoms. The fourth-order valence-electron chi connectivity index (χ4n) is 3.73. The van der Waals surface area contributed by atoms with Gasteiger partial charge in [0.05, 0.1) is 16.4 Å². The van der Waals surface area contributed by atoms with E-state index in [0.29, 0.717) is 49.1 Å². The number of hydrogen-bond acceptors (Lipinski definition) is 4. The number of carbonyl (C=O) groups is 2. The van der Waals surface area contributed by atoms with Gasteiger partial charge in [0.1, 0.15) is 5.75 Å². The summed E-state index contributed by atoms with van der Waals surface area (Å²) in [5.41, 5.74) is 2.69. The molecule has 0 aliphatic carbocycles. The first-order valence-electron chi connectivity index (χ1n) is 11.0. The van der Waals surface area contributed by atoms with E-state index in [2.05, 4.69) is 31.0 Å². The van der Waals surface area contributed by atoms with Crippen molar-refractivity contribution in [2.45, 2.75) is 39.5 Å². The Balaban J connectivity index is 1.62. The van der Waals surface area contributed by atoms with E-state index in [0.717, 1.165) is 5.69 Å². The summed E-state index contributed by atoms with van der Waals surface area (Å²) < 4.78 is 5.67. The van der Waals surface area contributed by atoms with E-state index >= 15 is 0 Å². The van der Waals surface area contributed by atoms with Gasteiger partial charge >= 0.3 is 0 Å². The van der Waals surface area contributed by atoms with Crippen LogP contribution >= 0.6 is 11.6 Å². The molecule has 0 atom stereocenters. The lowest BCUT2D eigenvalue weighted by Crippen LogP contribution is -2.48. The first kappa shape index (κ1) is 23.9. The highest BCUT2D eigenvalue weighted by atomic mass is 35.5. The van der Waals surface area contributed by atoms with E-state index in [1.165, 1.54) is 5.56 Å². The molecule has 1 heterocycles. The number of hydrogen-bond donors (Lipinski definition) is 1. The zero-order valence-electron chi connectivity index (χ0n) is 19.3. The van der Waals surface area contributed by atoms with Gasteiger partial charge in [0.25, 0.3) is 5.91 Å². The number of ether oxygens (including phenoxy) is 1. The molecular formula is C25H32ClN3O3. The van der Waals surface area contributed by atoms with E-state index in [1.54, 1.807) is 0 Å². The molecule has 1 N–H and O–H groups in total. The molecule has 0 aromatic heterocycles. The highest BCUT2D eigenvalue weighted by molar-refractivity contribution is 6.34. The van der Waals surface area contributed by atoms with Gasteiger partial charge in [-0.15, -0.1) is 0 Å². The van der Waals surface area contributed by atoms with Crippen LogP contribution in [0.2, 0.25) is 5.02 Å². The van der Waals surface area contributed by atoms with Crippen molar-refractivity contribution in [1.29, 1.82) is 0 Å². The van der Waals surface area contributed by atoms with Crippen LogP contribution in [-0.2, 0) is 15.0 Å². The molecule has 172 valence electrons. The van der Waals surface area contributed by atoms with E-state index in [9.17, 15) is 9.59 Å². The summed E-state index contributed by atoms with van der Waals surface area (Å²) in [6.45, 7) is 10.8. The number of nitrogens with zero attached hydrogens (tertiary/aromatic N) is 2. The van der Waals surface area contributed by atoms with E-state index in [1.807, 2.05) is 54.3 Å². The lowest BCUT2D eigenvalue weighted by atomic mass is 9.87. The molecule has 0 radical (unpaired) electrons. The Bertz CT molecular complexity index is 946. The van der Waals surface area contributed by atoms with E-state index < -0.39 is 0 Å². The molecule has 0 bridgehead atoms. The van der Waals surface area contributed by atoms with Gasteiger partial charge in [0.2, 0.25) is 5.91 Å². The van der Waals surface area contributed by atoms with Crippen LogP contribution in [-0.4, -0.2) is 49.5 Å². The number of rotatable bonds is 6. The molecule has 6 nitrogen and oxygen atoms in total. The van der Waals surface area contributed by atoms with Crippen molar-refractivity contribution >= 4 is 34.8 Å². The quantitative estimate of drug-likeness (QED) is 0.682. The molecule has 1 aliphatic heterocycles. The Morgan fingerprint density at radius 2 is 1.69 bits per heavy atom. The Morgan fingerprint density at radius 3 is 2.28 bits per heavy atom. The lowest BCUT2D eigenvalue weighted by molar-refractivity contribution is -0.131. The highest BCUT2D eigenvalue weighted by Crippen LogP contribution is 2.34. The Labute approximate surface area is 195 Å². The van der Waals surface area contributed by atoms with Gasteiger partial charge in [-0.05, 0) is 35.2 Å². The van der Waals surface area contributed by atoms with Gasteiger partial charge in [-0.25, -0.2) is 0 Å². The molecule has 0 unspecified atom stereocenters. The standard InChI is InChI=1S/C25H32ClN3O3/c1-5-23(31)28-13-15-29(16-14-28)24-20(26)7-6-8-21(24)27-22(30)17-32-19-11-9-18(10-12-19)25(2,3)4/h6-12H,5,13-17H2,1-4H3,(H,27,30). The maximum atomic E-state index is 12.6. The lowest BCUT2D eigenvalue weighted by Gasteiger charge is -2.37. The fourth-order valence-corrected chi connectivity index (χ4v) is 4.02. The van der Waals surface area contributed by atoms with Crippen molar-refractivity contribution in [1.82, 2.24) is 4.90 Å². The summed E-state index contributed by atoms with van der Waals surface area (Å²) >= 11 is 6.49. The van der Waals surface area contributed by atoms with Crippen molar-refractivity contribution in [3.05, 3.63) is 53.1 Å². The van der Waals surface area contributed by atoms with Crippen LogP contribution in [0.1, 0.15) is 39.7 Å². The van der Waals surface area contributed by atoms with Crippen LogP contribution in [0.3, 0.4) is 0 Å². The van der Waals surface area contributed by atoms with Crippen LogP contribution in [0.25, 0.3) is 0 Å². The first-order valence-corrected chi connectivity index (χ1v) is 11.4. The Morgan fingerprint density at radius 1 is 1.03 bits per heavy atom. The predicted octanol–water partition coefficient (Wildman–Crippen LogP) is 4.71. The number of piperazine rings is 1. The summed E-state index contributed by atoms with van der Waals surface area (Å²) in [5, 5.41) is 3.50. The van der Waals surface area contributed by atoms with E-state index in [4.69, 9.17) is 16.3 Å². The monoisotopic (exact) mass is 457 g/mol. The smallest absolute Gasteiger partial charge is 0.262 e. The van der Waals surface area contributed by atoms with Crippen molar-refractivity contribution < 1.29 is 14.3 Å². The van der Waals surface area contributed by atoms with Crippen molar-refractivity contribution in [2.24, 2.45) is 0 Å². The second kappa shape index (κ2) is 10.3. The molecule has 3 rings (SSSR count). The SMILES string of the molecule is CCC(=O)N1CCN(c2c(Cl)cccc2NC(=O)COc2ccc(C(C)(C)C)cc2)CC1. The molecule has 2 amide bonds. The minimum Gasteiger partial charge on any atom is -0.484 e. The number of nitrogens with one attached hydrogen (secondary N) is 1. The zero-order chi connectivity index (χ0) is 23.3. The number of carbonyl (C=O) groups excluding carboxylic acids is 2. The zero-order valence-corrected chi connectivity index (χ0v) is 20.0. The molecule has 2 aromatic carbocycles. The van der Waals surface area contributed by atoms with Crippen LogP contribution in [0.4, 0.5) is 11.4 Å². The number of amides is 2. The number of halogens is 1. The minimum absolute atomic E-state index is 0.0637. The molecule has 32 heavy (non-hydrogen) atoms. The maximum Gasteiger partial charge on any atom is 0.262 e. The number of benzene rings is 2. The molecular weight excluding hydrogens is 426 g/mol. The van der Waals surface area contributed by atoms with Crippen LogP contribution in [0, 0.1) is 0 Å². The normalized spacial score (nSPS) is 14.3. The Hall–Kier alpha value is -2.73. The van der Waals surface area contributed by atoms with Crippen LogP contribution < -0.4 is 15.0 Å². The Kier molecular flexibility index (Phi) is 7.67. The van der Waals surface area contributed by atoms with Gasteiger partial charge in [-0.2, -0.15) is 0 Å².